The maximum absolute atomic E-state index is 12.1. The predicted molar refractivity (Wildman–Crippen MR) is 101 cm³/mol. The Morgan fingerprint density at radius 3 is 2.52 bits per heavy atom. The van der Waals surface area contributed by atoms with Crippen LogP contribution in [0.5, 0.6) is 0 Å². The SMILES string of the molecule is CC(C)(C)OC(=O)N1CCC(CCN=C2C[C@@H]2c2ccccc2)CC1. The highest BCUT2D eigenvalue weighted by Crippen LogP contribution is 2.37. The summed E-state index contributed by atoms with van der Waals surface area (Å²) in [5.74, 6) is 1.24. The molecule has 1 aliphatic heterocycles. The highest BCUT2D eigenvalue weighted by atomic mass is 16.6. The van der Waals surface area contributed by atoms with Crippen LogP contribution in [0.15, 0.2) is 35.3 Å². The summed E-state index contributed by atoms with van der Waals surface area (Å²) in [4.78, 5) is 18.7. The van der Waals surface area contributed by atoms with Crippen molar-refractivity contribution in [1.82, 2.24) is 4.90 Å². The Morgan fingerprint density at radius 1 is 1.20 bits per heavy atom. The van der Waals surface area contributed by atoms with E-state index >= 15 is 0 Å². The second-order valence-electron chi connectivity index (χ2n) is 8.24. The standard InChI is InChI=1S/C21H30N2O2/c1-21(2,3)25-20(24)23-13-10-16(11-14-23)9-12-22-19-15-18(19)17-7-5-4-6-8-17/h4-8,16,18H,9-15H2,1-3H3/t18-/m1/s1. The smallest absolute Gasteiger partial charge is 0.410 e. The molecule has 0 radical (unpaired) electrons. The molecule has 4 heteroatoms. The Morgan fingerprint density at radius 2 is 1.88 bits per heavy atom. The maximum atomic E-state index is 12.1. The lowest BCUT2D eigenvalue weighted by Crippen LogP contribution is -2.41. The fourth-order valence-electron chi connectivity index (χ4n) is 3.44. The van der Waals surface area contributed by atoms with E-state index in [0.29, 0.717) is 11.8 Å². The number of ether oxygens (including phenoxy) is 1. The van der Waals surface area contributed by atoms with Gasteiger partial charge in [0, 0.05) is 31.3 Å². The van der Waals surface area contributed by atoms with Crippen molar-refractivity contribution < 1.29 is 9.53 Å². The Kier molecular flexibility index (Phi) is 5.45. The van der Waals surface area contributed by atoms with Crippen LogP contribution in [0.1, 0.15) is 57.9 Å². The van der Waals surface area contributed by atoms with Crippen molar-refractivity contribution >= 4 is 11.8 Å². The first-order valence-electron chi connectivity index (χ1n) is 9.48. The van der Waals surface area contributed by atoms with Gasteiger partial charge in [0.2, 0.25) is 0 Å². The van der Waals surface area contributed by atoms with Crippen LogP contribution in [0.25, 0.3) is 0 Å². The van der Waals surface area contributed by atoms with Crippen molar-refractivity contribution in [3.63, 3.8) is 0 Å². The largest absolute Gasteiger partial charge is 0.444 e. The third-order valence-electron chi connectivity index (χ3n) is 4.98. The first kappa shape index (κ1) is 18.0. The summed E-state index contributed by atoms with van der Waals surface area (Å²) < 4.78 is 5.45. The molecule has 0 bridgehead atoms. The van der Waals surface area contributed by atoms with Crippen LogP contribution in [0.2, 0.25) is 0 Å². The van der Waals surface area contributed by atoms with Gasteiger partial charge in [-0.2, -0.15) is 0 Å². The van der Waals surface area contributed by atoms with E-state index in [1.165, 1.54) is 11.3 Å². The minimum absolute atomic E-state index is 0.171. The Bertz CT molecular complexity index is 611. The fraction of sp³-hybridized carbons (Fsp3) is 0.619. The van der Waals surface area contributed by atoms with Gasteiger partial charge in [-0.3, -0.25) is 4.99 Å². The highest BCUT2D eigenvalue weighted by Gasteiger charge is 2.33. The van der Waals surface area contributed by atoms with Crippen molar-refractivity contribution in [2.24, 2.45) is 10.9 Å². The van der Waals surface area contributed by atoms with Crippen LogP contribution in [0.3, 0.4) is 0 Å². The molecule has 1 aromatic carbocycles. The number of likely N-dealkylation sites (tertiary alicyclic amines) is 1. The molecular formula is C21H30N2O2. The zero-order valence-electron chi connectivity index (χ0n) is 15.7. The number of benzene rings is 1. The van der Waals surface area contributed by atoms with Crippen molar-refractivity contribution in [1.29, 1.82) is 0 Å². The van der Waals surface area contributed by atoms with Crippen molar-refractivity contribution in [2.45, 2.75) is 58.0 Å². The zero-order valence-corrected chi connectivity index (χ0v) is 15.7. The molecule has 2 aliphatic rings. The normalized spacial score (nSPS) is 22.9. The number of rotatable bonds is 4. The van der Waals surface area contributed by atoms with Gasteiger partial charge in [0.1, 0.15) is 5.60 Å². The number of amides is 1. The lowest BCUT2D eigenvalue weighted by atomic mass is 9.94. The first-order chi connectivity index (χ1) is 11.9. The van der Waals surface area contributed by atoms with E-state index in [1.807, 2.05) is 25.7 Å². The maximum Gasteiger partial charge on any atom is 0.410 e. The summed E-state index contributed by atoms with van der Waals surface area (Å²) in [6.07, 6.45) is 4.21. The molecule has 1 saturated heterocycles. The fourth-order valence-corrected chi connectivity index (χ4v) is 3.44. The average molecular weight is 342 g/mol. The quantitative estimate of drug-likeness (QED) is 0.799. The summed E-state index contributed by atoms with van der Waals surface area (Å²) in [5.41, 5.74) is 2.34. The van der Waals surface area contributed by atoms with Gasteiger partial charge in [0.25, 0.3) is 0 Å². The minimum Gasteiger partial charge on any atom is -0.444 e. The summed E-state index contributed by atoms with van der Waals surface area (Å²) in [5, 5.41) is 0. The highest BCUT2D eigenvalue weighted by molar-refractivity contribution is 6.05. The van der Waals surface area contributed by atoms with Gasteiger partial charge in [0.15, 0.2) is 0 Å². The van der Waals surface area contributed by atoms with E-state index in [1.54, 1.807) is 0 Å². The van der Waals surface area contributed by atoms with Crippen LogP contribution in [0.4, 0.5) is 4.79 Å². The molecule has 3 rings (SSSR count). The number of nitrogens with zero attached hydrogens (tertiary/aromatic N) is 2. The van der Waals surface area contributed by atoms with Crippen LogP contribution < -0.4 is 0 Å². The number of carbonyl (C=O) groups is 1. The van der Waals surface area contributed by atoms with E-state index in [-0.39, 0.29) is 6.09 Å². The summed E-state index contributed by atoms with van der Waals surface area (Å²) in [6, 6.07) is 10.7. The second kappa shape index (κ2) is 7.59. The molecule has 2 fully saturated rings. The van der Waals surface area contributed by atoms with Crippen LogP contribution in [-0.4, -0.2) is 41.9 Å². The molecule has 0 unspecified atom stereocenters. The van der Waals surface area contributed by atoms with E-state index in [0.717, 1.165) is 45.3 Å². The molecule has 1 aliphatic carbocycles. The van der Waals surface area contributed by atoms with Crippen molar-refractivity contribution in [3.05, 3.63) is 35.9 Å². The minimum atomic E-state index is -0.413. The van der Waals surface area contributed by atoms with Crippen LogP contribution in [0, 0.1) is 5.92 Å². The van der Waals surface area contributed by atoms with E-state index in [2.05, 4.69) is 30.3 Å². The van der Waals surface area contributed by atoms with Crippen LogP contribution >= 0.6 is 0 Å². The topological polar surface area (TPSA) is 41.9 Å². The third kappa shape index (κ3) is 5.32. The van der Waals surface area contributed by atoms with Gasteiger partial charge in [-0.1, -0.05) is 30.3 Å². The van der Waals surface area contributed by atoms with Gasteiger partial charge >= 0.3 is 6.09 Å². The molecule has 1 amide bonds. The lowest BCUT2D eigenvalue weighted by Gasteiger charge is -2.33. The molecule has 0 aromatic heterocycles. The first-order valence-corrected chi connectivity index (χ1v) is 9.48. The Hall–Kier alpha value is -1.84. The molecule has 1 atom stereocenters. The van der Waals surface area contributed by atoms with Crippen molar-refractivity contribution in [3.8, 4) is 0 Å². The predicted octanol–water partition coefficient (Wildman–Crippen LogP) is 4.65. The van der Waals surface area contributed by atoms with Gasteiger partial charge in [0.05, 0.1) is 0 Å². The molecule has 25 heavy (non-hydrogen) atoms. The molecule has 4 nitrogen and oxygen atoms in total. The zero-order chi connectivity index (χ0) is 17.9. The third-order valence-corrected chi connectivity index (χ3v) is 4.98. The number of hydrogen-bond donors (Lipinski definition) is 0. The van der Waals surface area contributed by atoms with Gasteiger partial charge < -0.3 is 9.64 Å². The monoisotopic (exact) mass is 342 g/mol. The average Bonchev–Trinajstić information content (AvgIpc) is 3.34. The van der Waals surface area contributed by atoms with E-state index < -0.39 is 5.60 Å². The molecule has 136 valence electrons. The summed E-state index contributed by atoms with van der Waals surface area (Å²) in [7, 11) is 0. The number of piperidine rings is 1. The van der Waals surface area contributed by atoms with Crippen LogP contribution in [-0.2, 0) is 4.74 Å². The molecule has 1 aromatic rings. The number of aliphatic imine (C=N–C) groups is 1. The number of hydrogen-bond acceptors (Lipinski definition) is 3. The Balaban J connectivity index is 1.36. The van der Waals surface area contributed by atoms with Gasteiger partial charge in [-0.15, -0.1) is 0 Å². The second-order valence-corrected chi connectivity index (χ2v) is 8.24. The Labute approximate surface area is 151 Å². The summed E-state index contributed by atoms with van der Waals surface area (Å²) >= 11 is 0. The summed E-state index contributed by atoms with van der Waals surface area (Å²) in [6.45, 7) is 8.29. The molecule has 1 heterocycles. The molecule has 1 saturated carbocycles. The van der Waals surface area contributed by atoms with E-state index in [9.17, 15) is 4.79 Å². The number of carbonyl (C=O) groups excluding carboxylic acids is 1. The van der Waals surface area contributed by atoms with Gasteiger partial charge in [-0.25, -0.2) is 4.79 Å². The molecule has 0 N–H and O–H groups in total. The molecule has 0 spiro atoms. The lowest BCUT2D eigenvalue weighted by molar-refractivity contribution is 0.0182. The van der Waals surface area contributed by atoms with Crippen molar-refractivity contribution in [2.75, 3.05) is 19.6 Å². The molecular weight excluding hydrogens is 312 g/mol. The van der Waals surface area contributed by atoms with Gasteiger partial charge in [-0.05, 0) is 57.9 Å². The van der Waals surface area contributed by atoms with E-state index in [4.69, 9.17) is 9.73 Å².